The maximum absolute atomic E-state index is 12.2. The summed E-state index contributed by atoms with van der Waals surface area (Å²) in [5.74, 6) is -0.000627. The minimum absolute atomic E-state index is 0.000627. The van der Waals surface area contributed by atoms with Crippen LogP contribution in [0.5, 0.6) is 0 Å². The summed E-state index contributed by atoms with van der Waals surface area (Å²) in [6, 6.07) is 28.4. The van der Waals surface area contributed by atoms with Crippen LogP contribution in [0.3, 0.4) is 0 Å². The molecule has 0 unspecified atom stereocenters. The van der Waals surface area contributed by atoms with Crippen LogP contribution < -0.4 is 5.32 Å². The summed E-state index contributed by atoms with van der Waals surface area (Å²) in [5.41, 5.74) is 4.35. The van der Waals surface area contributed by atoms with Crippen molar-refractivity contribution in [3.8, 4) is 11.1 Å². The van der Waals surface area contributed by atoms with Crippen LogP contribution in [0, 0.1) is 0 Å². The van der Waals surface area contributed by atoms with Crippen molar-refractivity contribution in [3.63, 3.8) is 0 Å². The average molecular weight is 329 g/mol. The Morgan fingerprint density at radius 2 is 1.28 bits per heavy atom. The fourth-order valence-electron chi connectivity index (χ4n) is 2.85. The highest BCUT2D eigenvalue weighted by Crippen LogP contribution is 2.19. The van der Waals surface area contributed by atoms with Gasteiger partial charge in [0.2, 0.25) is 0 Å². The van der Waals surface area contributed by atoms with Gasteiger partial charge in [0, 0.05) is 12.1 Å². The second kappa shape index (κ2) is 8.84. The molecule has 0 fully saturated rings. The number of hydrogen-bond acceptors (Lipinski definition) is 1. The third-order valence-corrected chi connectivity index (χ3v) is 4.27. The fraction of sp³-hybridized carbons (Fsp3) is 0.174. The first-order valence-electron chi connectivity index (χ1n) is 8.80. The van der Waals surface area contributed by atoms with E-state index in [1.807, 2.05) is 48.5 Å². The SMILES string of the molecule is O=C(NCCCCc1ccccc1)c1ccc(-c2ccccc2)cc1. The first-order chi connectivity index (χ1) is 12.3. The Labute approximate surface area is 149 Å². The van der Waals surface area contributed by atoms with Crippen molar-refractivity contribution in [2.24, 2.45) is 0 Å². The van der Waals surface area contributed by atoms with Crippen molar-refractivity contribution in [2.75, 3.05) is 6.54 Å². The lowest BCUT2D eigenvalue weighted by molar-refractivity contribution is 0.0953. The second-order valence-corrected chi connectivity index (χ2v) is 6.14. The van der Waals surface area contributed by atoms with Crippen LogP contribution in [-0.4, -0.2) is 12.5 Å². The van der Waals surface area contributed by atoms with Gasteiger partial charge in [0.25, 0.3) is 5.91 Å². The van der Waals surface area contributed by atoms with Gasteiger partial charge in [0.1, 0.15) is 0 Å². The molecular weight excluding hydrogens is 306 g/mol. The zero-order chi connectivity index (χ0) is 17.3. The van der Waals surface area contributed by atoms with Gasteiger partial charge in [-0.25, -0.2) is 0 Å². The number of unbranched alkanes of at least 4 members (excludes halogenated alkanes) is 1. The predicted octanol–water partition coefficient (Wildman–Crippen LogP) is 5.11. The van der Waals surface area contributed by atoms with E-state index in [-0.39, 0.29) is 5.91 Å². The molecule has 0 aromatic heterocycles. The first kappa shape index (κ1) is 17.0. The van der Waals surface area contributed by atoms with Gasteiger partial charge in [-0.1, -0.05) is 72.8 Å². The van der Waals surface area contributed by atoms with Crippen LogP contribution in [0.1, 0.15) is 28.8 Å². The Morgan fingerprint density at radius 3 is 1.96 bits per heavy atom. The van der Waals surface area contributed by atoms with Gasteiger partial charge in [0.15, 0.2) is 0 Å². The summed E-state index contributed by atoms with van der Waals surface area (Å²) in [5, 5.41) is 3.01. The summed E-state index contributed by atoms with van der Waals surface area (Å²) < 4.78 is 0. The molecule has 2 heteroatoms. The number of rotatable bonds is 7. The minimum atomic E-state index is -0.000627. The molecule has 0 heterocycles. The van der Waals surface area contributed by atoms with E-state index in [1.54, 1.807) is 0 Å². The number of aryl methyl sites for hydroxylation is 1. The molecule has 0 radical (unpaired) electrons. The molecule has 0 aliphatic rings. The third-order valence-electron chi connectivity index (χ3n) is 4.27. The van der Waals surface area contributed by atoms with E-state index >= 15 is 0 Å². The lowest BCUT2D eigenvalue weighted by Crippen LogP contribution is -2.24. The van der Waals surface area contributed by atoms with Crippen LogP contribution >= 0.6 is 0 Å². The van der Waals surface area contributed by atoms with E-state index in [2.05, 4.69) is 41.7 Å². The van der Waals surface area contributed by atoms with E-state index in [9.17, 15) is 4.79 Å². The van der Waals surface area contributed by atoms with E-state index in [4.69, 9.17) is 0 Å². The summed E-state index contributed by atoms with van der Waals surface area (Å²) in [6.45, 7) is 0.714. The molecule has 0 spiro atoms. The van der Waals surface area contributed by atoms with Gasteiger partial charge >= 0.3 is 0 Å². The van der Waals surface area contributed by atoms with Crippen LogP contribution in [0.25, 0.3) is 11.1 Å². The predicted molar refractivity (Wildman–Crippen MR) is 104 cm³/mol. The van der Waals surface area contributed by atoms with Crippen LogP contribution in [0.4, 0.5) is 0 Å². The normalized spacial score (nSPS) is 10.4. The smallest absolute Gasteiger partial charge is 0.251 e. The third kappa shape index (κ3) is 5.05. The Balaban J connectivity index is 1.44. The molecular formula is C23H23NO. The van der Waals surface area contributed by atoms with E-state index in [0.29, 0.717) is 12.1 Å². The number of hydrogen-bond donors (Lipinski definition) is 1. The Morgan fingerprint density at radius 1 is 0.680 bits per heavy atom. The van der Waals surface area contributed by atoms with Crippen molar-refractivity contribution < 1.29 is 4.79 Å². The molecule has 3 rings (SSSR count). The van der Waals surface area contributed by atoms with E-state index < -0.39 is 0 Å². The number of carbonyl (C=O) groups is 1. The van der Waals surface area contributed by atoms with E-state index in [0.717, 1.165) is 30.4 Å². The Kier molecular flexibility index (Phi) is 6.00. The summed E-state index contributed by atoms with van der Waals surface area (Å²) >= 11 is 0. The fourth-order valence-corrected chi connectivity index (χ4v) is 2.85. The molecule has 0 saturated heterocycles. The summed E-state index contributed by atoms with van der Waals surface area (Å²) in [6.07, 6.45) is 3.13. The number of amides is 1. The van der Waals surface area contributed by atoms with Crippen LogP contribution in [0.2, 0.25) is 0 Å². The quantitative estimate of drug-likeness (QED) is 0.600. The van der Waals surface area contributed by atoms with Crippen LogP contribution in [0.15, 0.2) is 84.9 Å². The number of nitrogens with one attached hydrogen (secondary N) is 1. The van der Waals surface area contributed by atoms with Crippen LogP contribution in [-0.2, 0) is 6.42 Å². The highest BCUT2D eigenvalue weighted by atomic mass is 16.1. The molecule has 1 amide bonds. The molecule has 2 nitrogen and oxygen atoms in total. The zero-order valence-corrected chi connectivity index (χ0v) is 14.3. The molecule has 3 aromatic rings. The molecule has 126 valence electrons. The first-order valence-corrected chi connectivity index (χ1v) is 8.80. The van der Waals surface area contributed by atoms with Crippen molar-refractivity contribution >= 4 is 5.91 Å². The van der Waals surface area contributed by atoms with Gasteiger partial charge < -0.3 is 5.32 Å². The summed E-state index contributed by atoms with van der Waals surface area (Å²) in [7, 11) is 0. The molecule has 0 atom stereocenters. The summed E-state index contributed by atoms with van der Waals surface area (Å²) in [4.78, 5) is 12.2. The van der Waals surface area contributed by atoms with Gasteiger partial charge in [-0.2, -0.15) is 0 Å². The highest BCUT2D eigenvalue weighted by molar-refractivity contribution is 5.94. The maximum Gasteiger partial charge on any atom is 0.251 e. The maximum atomic E-state index is 12.2. The average Bonchev–Trinajstić information content (AvgIpc) is 2.69. The minimum Gasteiger partial charge on any atom is -0.352 e. The molecule has 25 heavy (non-hydrogen) atoms. The highest BCUT2D eigenvalue weighted by Gasteiger charge is 2.05. The second-order valence-electron chi connectivity index (χ2n) is 6.14. The van der Waals surface area contributed by atoms with Crippen molar-refractivity contribution in [1.82, 2.24) is 5.32 Å². The number of benzene rings is 3. The standard InChI is InChI=1S/C23H23NO/c25-23(24-18-8-7-11-19-9-3-1-4-10-19)22-16-14-21(15-17-22)20-12-5-2-6-13-20/h1-6,9-10,12-17H,7-8,11,18H2,(H,24,25). The van der Waals surface area contributed by atoms with Crippen molar-refractivity contribution in [3.05, 3.63) is 96.1 Å². The van der Waals surface area contributed by atoms with Crippen molar-refractivity contribution in [1.29, 1.82) is 0 Å². The van der Waals surface area contributed by atoms with Gasteiger partial charge in [-0.05, 0) is 48.1 Å². The van der Waals surface area contributed by atoms with Gasteiger partial charge in [-0.3, -0.25) is 4.79 Å². The molecule has 0 bridgehead atoms. The Bertz CT molecular complexity index is 779. The lowest BCUT2D eigenvalue weighted by Gasteiger charge is -2.07. The Hall–Kier alpha value is -2.87. The van der Waals surface area contributed by atoms with Gasteiger partial charge in [0.05, 0.1) is 0 Å². The molecule has 1 N–H and O–H groups in total. The molecule has 0 aliphatic heterocycles. The topological polar surface area (TPSA) is 29.1 Å². The van der Waals surface area contributed by atoms with Crippen molar-refractivity contribution in [2.45, 2.75) is 19.3 Å². The number of carbonyl (C=O) groups excluding carboxylic acids is 1. The molecule has 0 saturated carbocycles. The van der Waals surface area contributed by atoms with Gasteiger partial charge in [-0.15, -0.1) is 0 Å². The molecule has 3 aromatic carbocycles. The zero-order valence-electron chi connectivity index (χ0n) is 14.3. The largest absolute Gasteiger partial charge is 0.352 e. The van der Waals surface area contributed by atoms with E-state index in [1.165, 1.54) is 5.56 Å². The lowest BCUT2D eigenvalue weighted by atomic mass is 10.0. The molecule has 0 aliphatic carbocycles. The monoisotopic (exact) mass is 329 g/mol.